The maximum Gasteiger partial charge on any atom is 0.245 e. The second-order valence-corrected chi connectivity index (χ2v) is 9.81. The average molecular weight is 452 g/mol. The first kappa shape index (κ1) is 19.9. The molecule has 1 amide bonds. The third kappa shape index (κ3) is 3.26. The maximum absolute atomic E-state index is 13.2. The molecule has 7 heteroatoms. The van der Waals surface area contributed by atoms with Crippen molar-refractivity contribution in [3.63, 3.8) is 0 Å². The summed E-state index contributed by atoms with van der Waals surface area (Å²) in [5.74, 6) is 0.438. The number of hydrogen-bond acceptors (Lipinski definition) is 5. The van der Waals surface area contributed by atoms with Gasteiger partial charge in [-0.15, -0.1) is 11.3 Å². The second kappa shape index (κ2) is 7.68. The van der Waals surface area contributed by atoms with Gasteiger partial charge in [0.1, 0.15) is 23.1 Å². The number of carbonyl (C=O) groups excluding carboxylic acids is 1. The molecule has 5 aromatic rings. The fourth-order valence-corrected chi connectivity index (χ4v) is 6.19. The van der Waals surface area contributed by atoms with Crippen molar-refractivity contribution < 1.29 is 4.79 Å². The third-order valence-corrected chi connectivity index (χ3v) is 7.61. The highest BCUT2D eigenvalue weighted by molar-refractivity contribution is 7.16. The number of aromatic nitrogens is 3. The Labute approximate surface area is 194 Å². The highest BCUT2D eigenvalue weighted by Gasteiger charge is 2.25. The maximum atomic E-state index is 13.2. The van der Waals surface area contributed by atoms with E-state index in [4.69, 9.17) is 9.97 Å². The molecule has 6 nitrogen and oxygen atoms in total. The molecule has 1 N–H and O–H groups in total. The summed E-state index contributed by atoms with van der Waals surface area (Å²) in [4.78, 5) is 24.1. The van der Waals surface area contributed by atoms with Gasteiger partial charge in [0.25, 0.3) is 0 Å². The summed E-state index contributed by atoms with van der Waals surface area (Å²) in [6.07, 6.45) is 2.96. The molecular weight excluding hydrogens is 430 g/mol. The van der Waals surface area contributed by atoms with E-state index in [0.717, 1.165) is 52.3 Å². The predicted octanol–water partition coefficient (Wildman–Crippen LogP) is 5.43. The van der Waals surface area contributed by atoms with Crippen LogP contribution < -0.4 is 5.32 Å². The Kier molecular flexibility index (Phi) is 4.63. The summed E-state index contributed by atoms with van der Waals surface area (Å²) in [5, 5.41) is 14.4. The van der Waals surface area contributed by atoms with E-state index in [1.165, 1.54) is 4.88 Å². The lowest BCUT2D eigenvalue weighted by Crippen LogP contribution is -2.19. The van der Waals surface area contributed by atoms with Crippen LogP contribution in [0.2, 0.25) is 0 Å². The molecule has 1 atom stereocenters. The van der Waals surface area contributed by atoms with Gasteiger partial charge in [-0.3, -0.25) is 4.79 Å². The van der Waals surface area contributed by atoms with E-state index in [1.54, 1.807) is 11.3 Å². The molecule has 162 valence electrons. The van der Waals surface area contributed by atoms with E-state index < -0.39 is 0 Å². The molecule has 1 aliphatic carbocycles. The van der Waals surface area contributed by atoms with E-state index in [9.17, 15) is 10.1 Å². The monoisotopic (exact) mass is 451 g/mol. The molecule has 0 saturated heterocycles. The minimum Gasteiger partial charge on any atom is -0.315 e. The second-order valence-electron chi connectivity index (χ2n) is 8.70. The van der Waals surface area contributed by atoms with E-state index in [1.807, 2.05) is 53.1 Å². The number of benzene rings is 2. The third-order valence-electron chi connectivity index (χ3n) is 6.44. The van der Waals surface area contributed by atoms with Crippen LogP contribution in [-0.4, -0.2) is 20.4 Å². The zero-order valence-corrected chi connectivity index (χ0v) is 18.9. The highest BCUT2D eigenvalue weighted by atomic mass is 32.1. The van der Waals surface area contributed by atoms with E-state index in [0.29, 0.717) is 22.1 Å². The van der Waals surface area contributed by atoms with Crippen molar-refractivity contribution in [1.82, 2.24) is 14.5 Å². The van der Waals surface area contributed by atoms with Crippen molar-refractivity contribution in [2.24, 2.45) is 5.92 Å². The Bertz CT molecular complexity index is 1610. The van der Waals surface area contributed by atoms with Gasteiger partial charge in [0.05, 0.1) is 22.1 Å². The van der Waals surface area contributed by atoms with Gasteiger partial charge in [0.15, 0.2) is 5.65 Å². The molecule has 3 aromatic heterocycles. The van der Waals surface area contributed by atoms with Crippen molar-refractivity contribution in [2.75, 3.05) is 5.32 Å². The number of nitrogens with zero attached hydrogens (tertiary/aromatic N) is 4. The molecule has 1 aliphatic rings. The number of amides is 1. The van der Waals surface area contributed by atoms with Crippen LogP contribution in [0.1, 0.15) is 29.3 Å². The van der Waals surface area contributed by atoms with Gasteiger partial charge >= 0.3 is 0 Å². The van der Waals surface area contributed by atoms with Crippen molar-refractivity contribution in [3.05, 3.63) is 64.5 Å². The fourth-order valence-electron chi connectivity index (χ4n) is 4.81. The summed E-state index contributed by atoms with van der Waals surface area (Å²) in [6.45, 7) is 2.33. The zero-order valence-electron chi connectivity index (χ0n) is 18.1. The molecule has 0 radical (unpaired) electrons. The first-order valence-electron chi connectivity index (χ1n) is 11.1. The normalized spacial score (nSPS) is 15.6. The van der Waals surface area contributed by atoms with Gasteiger partial charge in [-0.25, -0.2) is 9.97 Å². The Hall–Kier alpha value is -3.76. The lowest BCUT2D eigenvalue weighted by atomic mass is 9.89. The Morgan fingerprint density at radius 2 is 1.94 bits per heavy atom. The molecule has 2 aromatic carbocycles. The standard InChI is InChI=1S/C26H21N5OS/c1-15-10-11-16-18(13-27)26(33-22(16)12-15)30-23(32)14-31-21-9-5-2-6-17(21)24-25(31)29-20-8-4-3-7-19(20)28-24/h2-9,15H,10-12,14H2,1H3,(H,30,32). The van der Waals surface area contributed by atoms with Crippen LogP contribution in [0.15, 0.2) is 48.5 Å². The number of para-hydroxylation sites is 3. The summed E-state index contributed by atoms with van der Waals surface area (Å²) in [5.41, 5.74) is 5.75. The van der Waals surface area contributed by atoms with E-state index >= 15 is 0 Å². The lowest BCUT2D eigenvalue weighted by molar-refractivity contribution is -0.116. The van der Waals surface area contributed by atoms with Crippen LogP contribution in [0.3, 0.4) is 0 Å². The number of nitrogens with one attached hydrogen (secondary N) is 1. The SMILES string of the molecule is CC1CCc2c(sc(NC(=O)Cn3c4ccccc4c4nc5ccccc5nc43)c2C#N)C1. The van der Waals surface area contributed by atoms with Gasteiger partial charge in [-0.2, -0.15) is 5.26 Å². The van der Waals surface area contributed by atoms with Crippen LogP contribution in [0, 0.1) is 17.2 Å². The van der Waals surface area contributed by atoms with Crippen molar-refractivity contribution in [2.45, 2.75) is 32.7 Å². The Balaban J connectivity index is 1.40. The van der Waals surface area contributed by atoms with Crippen LogP contribution in [0.25, 0.3) is 33.1 Å². The first-order chi connectivity index (χ1) is 16.1. The van der Waals surface area contributed by atoms with Gasteiger partial charge in [-0.1, -0.05) is 37.3 Å². The molecule has 0 aliphatic heterocycles. The fraction of sp³-hybridized carbons (Fsp3) is 0.231. The number of thiophene rings is 1. The number of rotatable bonds is 3. The molecule has 0 fully saturated rings. The topological polar surface area (TPSA) is 83.6 Å². The van der Waals surface area contributed by atoms with E-state index in [-0.39, 0.29) is 12.5 Å². The van der Waals surface area contributed by atoms with Gasteiger partial charge in [0.2, 0.25) is 5.91 Å². The van der Waals surface area contributed by atoms with Gasteiger partial charge < -0.3 is 9.88 Å². The Morgan fingerprint density at radius 1 is 1.18 bits per heavy atom. The van der Waals surface area contributed by atoms with E-state index in [2.05, 4.69) is 18.3 Å². The minimum atomic E-state index is -0.171. The minimum absolute atomic E-state index is 0.0981. The molecule has 1 unspecified atom stereocenters. The molecular formula is C26H21N5OS. The summed E-state index contributed by atoms with van der Waals surface area (Å²) in [6, 6.07) is 18.0. The van der Waals surface area contributed by atoms with Crippen molar-refractivity contribution in [3.8, 4) is 6.07 Å². The van der Waals surface area contributed by atoms with Crippen LogP contribution >= 0.6 is 11.3 Å². The molecule has 6 rings (SSSR count). The highest BCUT2D eigenvalue weighted by Crippen LogP contribution is 2.39. The first-order valence-corrected chi connectivity index (χ1v) is 11.9. The molecule has 0 saturated carbocycles. The van der Waals surface area contributed by atoms with Gasteiger partial charge in [0, 0.05) is 10.3 Å². The Morgan fingerprint density at radius 3 is 2.76 bits per heavy atom. The number of nitriles is 1. The van der Waals surface area contributed by atoms with Crippen LogP contribution in [0.4, 0.5) is 5.00 Å². The van der Waals surface area contributed by atoms with Crippen molar-refractivity contribution >= 4 is 55.3 Å². The summed E-state index contributed by atoms with van der Waals surface area (Å²) < 4.78 is 1.92. The number of anilines is 1. The molecule has 3 heterocycles. The van der Waals surface area contributed by atoms with Gasteiger partial charge in [-0.05, 0) is 48.9 Å². The van der Waals surface area contributed by atoms with Crippen LogP contribution in [-0.2, 0) is 24.2 Å². The number of hydrogen-bond donors (Lipinski definition) is 1. The smallest absolute Gasteiger partial charge is 0.245 e. The quantitative estimate of drug-likeness (QED) is 0.396. The average Bonchev–Trinajstić information content (AvgIpc) is 3.31. The lowest BCUT2D eigenvalue weighted by Gasteiger charge is -2.17. The number of fused-ring (bicyclic) bond motifs is 5. The number of carbonyl (C=O) groups is 1. The summed E-state index contributed by atoms with van der Waals surface area (Å²) >= 11 is 1.55. The summed E-state index contributed by atoms with van der Waals surface area (Å²) in [7, 11) is 0. The van der Waals surface area contributed by atoms with Crippen molar-refractivity contribution in [1.29, 1.82) is 5.26 Å². The molecule has 0 spiro atoms. The van der Waals surface area contributed by atoms with Crippen LogP contribution in [0.5, 0.6) is 0 Å². The molecule has 0 bridgehead atoms. The predicted molar refractivity (Wildman–Crippen MR) is 131 cm³/mol. The zero-order chi connectivity index (χ0) is 22.5. The largest absolute Gasteiger partial charge is 0.315 e. The molecule has 33 heavy (non-hydrogen) atoms.